The van der Waals surface area contributed by atoms with Gasteiger partial charge in [0.05, 0.1) is 5.56 Å². The molecular formula is C20H26N4O. The third-order valence-electron chi connectivity index (χ3n) is 5.37. The maximum Gasteiger partial charge on any atom is 0.228 e. The summed E-state index contributed by atoms with van der Waals surface area (Å²) in [6.07, 6.45) is 6.01. The minimum Gasteiger partial charge on any atom is -0.358 e. The highest BCUT2D eigenvalue weighted by Crippen LogP contribution is 2.30. The lowest BCUT2D eigenvalue weighted by molar-refractivity contribution is 0.303. The van der Waals surface area contributed by atoms with E-state index in [1.165, 1.54) is 25.7 Å². The second-order valence-electron chi connectivity index (χ2n) is 7.34. The number of hydrogen-bond donors (Lipinski definition) is 2. The number of nitrogens with zero attached hydrogens (tertiary/aromatic N) is 2. The van der Waals surface area contributed by atoms with Crippen LogP contribution in [0, 0.1) is 12.8 Å². The molecule has 5 heteroatoms. The first kappa shape index (κ1) is 16.3. The predicted octanol–water partition coefficient (Wildman–Crippen LogP) is 4.24. The van der Waals surface area contributed by atoms with Crippen LogP contribution in [0.5, 0.6) is 0 Å². The summed E-state index contributed by atoms with van der Waals surface area (Å²) < 4.78 is 5.48. The summed E-state index contributed by atoms with van der Waals surface area (Å²) in [7, 11) is 0. The Bertz CT molecular complexity index is 842. The number of aromatic amines is 1. The van der Waals surface area contributed by atoms with Gasteiger partial charge in [-0.25, -0.2) is 0 Å². The van der Waals surface area contributed by atoms with E-state index in [-0.39, 0.29) is 0 Å². The summed E-state index contributed by atoms with van der Waals surface area (Å²) in [6, 6.07) is 8.88. The van der Waals surface area contributed by atoms with Gasteiger partial charge in [-0.2, -0.15) is 4.98 Å². The highest BCUT2D eigenvalue weighted by atomic mass is 16.5. The largest absolute Gasteiger partial charge is 0.358 e. The van der Waals surface area contributed by atoms with E-state index in [2.05, 4.69) is 46.4 Å². The van der Waals surface area contributed by atoms with Gasteiger partial charge in [0.1, 0.15) is 0 Å². The van der Waals surface area contributed by atoms with Gasteiger partial charge < -0.3 is 14.8 Å². The van der Waals surface area contributed by atoms with Gasteiger partial charge in [0, 0.05) is 35.6 Å². The van der Waals surface area contributed by atoms with Gasteiger partial charge in [-0.15, -0.1) is 0 Å². The van der Waals surface area contributed by atoms with E-state index in [0.717, 1.165) is 41.0 Å². The molecule has 3 aromatic rings. The van der Waals surface area contributed by atoms with Crippen LogP contribution in [0.25, 0.3) is 22.3 Å². The molecule has 2 heterocycles. The van der Waals surface area contributed by atoms with Gasteiger partial charge in [-0.3, -0.25) is 0 Å². The monoisotopic (exact) mass is 338 g/mol. The lowest BCUT2D eigenvalue weighted by atomic mass is 9.87. The molecule has 0 radical (unpaired) electrons. The van der Waals surface area contributed by atoms with Crippen LogP contribution in [0.2, 0.25) is 0 Å². The Hall–Kier alpha value is -2.14. The number of fused-ring (bicyclic) bond motifs is 1. The van der Waals surface area contributed by atoms with Crippen molar-refractivity contribution < 1.29 is 4.52 Å². The Morgan fingerprint density at radius 1 is 1.20 bits per heavy atom. The first-order valence-electron chi connectivity index (χ1n) is 9.34. The standard InChI is InChI=1S/C20H26N4O/c1-13-7-9-15(10-8-13)21-12-11-18-23-20(24-25-18)19-14(2)22-17-6-4-3-5-16(17)19/h3-6,13,15,21-22H,7-12H2,1-2H3/t13-,15+. The van der Waals surface area contributed by atoms with E-state index in [0.29, 0.717) is 17.8 Å². The van der Waals surface area contributed by atoms with Crippen molar-refractivity contribution in [3.8, 4) is 11.4 Å². The molecule has 0 spiro atoms. The van der Waals surface area contributed by atoms with Crippen molar-refractivity contribution in [2.24, 2.45) is 5.92 Å². The van der Waals surface area contributed by atoms with Crippen molar-refractivity contribution in [3.05, 3.63) is 35.9 Å². The highest BCUT2D eigenvalue weighted by Gasteiger charge is 2.19. The average molecular weight is 338 g/mol. The molecule has 0 aliphatic heterocycles. The summed E-state index contributed by atoms with van der Waals surface area (Å²) >= 11 is 0. The lowest BCUT2D eigenvalue weighted by Crippen LogP contribution is -2.34. The van der Waals surface area contributed by atoms with Gasteiger partial charge >= 0.3 is 0 Å². The van der Waals surface area contributed by atoms with Crippen molar-refractivity contribution >= 4 is 10.9 Å². The molecule has 0 saturated heterocycles. The van der Waals surface area contributed by atoms with Crippen molar-refractivity contribution in [2.45, 2.75) is 52.0 Å². The van der Waals surface area contributed by atoms with Gasteiger partial charge in [0.15, 0.2) is 0 Å². The topological polar surface area (TPSA) is 66.7 Å². The molecule has 1 fully saturated rings. The van der Waals surface area contributed by atoms with E-state index >= 15 is 0 Å². The number of rotatable bonds is 5. The fourth-order valence-corrected chi connectivity index (χ4v) is 3.87. The summed E-state index contributed by atoms with van der Waals surface area (Å²) in [6.45, 7) is 5.30. The molecule has 0 amide bonds. The maximum atomic E-state index is 5.48. The van der Waals surface area contributed by atoms with Crippen LogP contribution in [0.15, 0.2) is 28.8 Å². The zero-order chi connectivity index (χ0) is 17.2. The second-order valence-corrected chi connectivity index (χ2v) is 7.34. The second kappa shape index (κ2) is 7.00. The molecule has 132 valence electrons. The molecule has 0 bridgehead atoms. The van der Waals surface area contributed by atoms with Gasteiger partial charge in [-0.05, 0) is 44.6 Å². The summed E-state index contributed by atoms with van der Waals surface area (Å²) in [5.74, 6) is 2.27. The highest BCUT2D eigenvalue weighted by molar-refractivity contribution is 5.95. The van der Waals surface area contributed by atoms with Crippen molar-refractivity contribution in [3.63, 3.8) is 0 Å². The molecule has 1 saturated carbocycles. The van der Waals surface area contributed by atoms with Crippen molar-refractivity contribution in [1.82, 2.24) is 20.4 Å². The van der Waals surface area contributed by atoms with Crippen LogP contribution in [-0.4, -0.2) is 27.7 Å². The summed E-state index contributed by atoms with van der Waals surface area (Å²) in [4.78, 5) is 8.01. The first-order valence-corrected chi connectivity index (χ1v) is 9.34. The SMILES string of the molecule is Cc1[nH]c2ccccc2c1-c1noc(CCN[C@H]2CC[C@@H](C)CC2)n1. The van der Waals surface area contributed by atoms with E-state index in [1.54, 1.807) is 0 Å². The molecule has 4 rings (SSSR count). The Morgan fingerprint density at radius 2 is 2.00 bits per heavy atom. The molecule has 0 unspecified atom stereocenters. The fraction of sp³-hybridized carbons (Fsp3) is 0.500. The van der Waals surface area contributed by atoms with Crippen LogP contribution >= 0.6 is 0 Å². The zero-order valence-electron chi connectivity index (χ0n) is 15.0. The van der Waals surface area contributed by atoms with Crippen LogP contribution in [0.3, 0.4) is 0 Å². The quantitative estimate of drug-likeness (QED) is 0.730. The zero-order valence-corrected chi connectivity index (χ0v) is 15.0. The van der Waals surface area contributed by atoms with E-state index in [4.69, 9.17) is 4.52 Å². The number of aromatic nitrogens is 3. The number of para-hydroxylation sites is 1. The summed E-state index contributed by atoms with van der Waals surface area (Å²) in [5, 5.41) is 8.99. The molecule has 1 aliphatic rings. The van der Waals surface area contributed by atoms with Gasteiger partial charge in [-0.1, -0.05) is 30.3 Å². The van der Waals surface area contributed by atoms with Crippen LogP contribution in [0.4, 0.5) is 0 Å². The number of aryl methyl sites for hydroxylation is 1. The van der Waals surface area contributed by atoms with E-state index in [9.17, 15) is 0 Å². The molecule has 25 heavy (non-hydrogen) atoms. The number of nitrogens with one attached hydrogen (secondary N) is 2. The number of hydrogen-bond acceptors (Lipinski definition) is 4. The maximum absolute atomic E-state index is 5.48. The van der Waals surface area contributed by atoms with Crippen LogP contribution in [-0.2, 0) is 6.42 Å². The molecule has 0 atom stereocenters. The molecule has 5 nitrogen and oxygen atoms in total. The van der Waals surface area contributed by atoms with Crippen molar-refractivity contribution in [2.75, 3.05) is 6.54 Å². The predicted molar refractivity (Wildman–Crippen MR) is 99.5 cm³/mol. The average Bonchev–Trinajstić information content (AvgIpc) is 3.19. The minimum atomic E-state index is 0.648. The van der Waals surface area contributed by atoms with Crippen molar-refractivity contribution in [1.29, 1.82) is 0 Å². The van der Waals surface area contributed by atoms with Gasteiger partial charge in [0.2, 0.25) is 11.7 Å². The Morgan fingerprint density at radius 3 is 2.84 bits per heavy atom. The van der Waals surface area contributed by atoms with E-state index < -0.39 is 0 Å². The van der Waals surface area contributed by atoms with E-state index in [1.807, 2.05) is 12.1 Å². The third kappa shape index (κ3) is 3.47. The molecule has 2 N–H and O–H groups in total. The molecule has 1 aliphatic carbocycles. The lowest BCUT2D eigenvalue weighted by Gasteiger charge is -2.26. The molecular weight excluding hydrogens is 312 g/mol. The molecule has 2 aromatic heterocycles. The molecule has 1 aromatic carbocycles. The van der Waals surface area contributed by atoms with Crippen LogP contribution < -0.4 is 5.32 Å². The minimum absolute atomic E-state index is 0.648. The number of H-pyrrole nitrogens is 1. The number of benzene rings is 1. The van der Waals surface area contributed by atoms with Crippen LogP contribution in [0.1, 0.15) is 44.2 Å². The Labute approximate surface area is 148 Å². The normalized spacial score (nSPS) is 21.0. The third-order valence-corrected chi connectivity index (χ3v) is 5.37. The Balaban J connectivity index is 1.41. The van der Waals surface area contributed by atoms with Gasteiger partial charge in [0.25, 0.3) is 0 Å². The smallest absolute Gasteiger partial charge is 0.228 e. The summed E-state index contributed by atoms with van der Waals surface area (Å²) in [5.41, 5.74) is 3.22. The first-order chi connectivity index (χ1) is 12.2. The Kier molecular flexibility index (Phi) is 4.57. The fourth-order valence-electron chi connectivity index (χ4n) is 3.87.